The predicted molar refractivity (Wildman–Crippen MR) is 115 cm³/mol. The molecule has 0 saturated carbocycles. The molecule has 0 radical (unpaired) electrons. The number of H-pyrrole nitrogens is 1. The summed E-state index contributed by atoms with van der Waals surface area (Å²) in [5, 5.41) is 21.1. The topological polar surface area (TPSA) is 162 Å². The fourth-order valence-electron chi connectivity index (χ4n) is 4.41. The molecule has 2 aliphatic rings. The summed E-state index contributed by atoms with van der Waals surface area (Å²) in [4.78, 5) is 37.6. The molecule has 2 aliphatic heterocycles. The van der Waals surface area contributed by atoms with Gasteiger partial charge in [-0.15, -0.1) is 5.10 Å². The zero-order chi connectivity index (χ0) is 23.3. The first kappa shape index (κ1) is 20.2. The molecule has 4 N–H and O–H groups in total. The molecule has 1 aromatic heterocycles. The first-order valence-corrected chi connectivity index (χ1v) is 9.99. The summed E-state index contributed by atoms with van der Waals surface area (Å²) in [5.74, 6) is -1.70. The van der Waals surface area contributed by atoms with Crippen LogP contribution in [0.4, 0.5) is 11.4 Å². The van der Waals surface area contributed by atoms with E-state index in [2.05, 4.69) is 15.5 Å². The lowest BCUT2D eigenvalue weighted by Crippen LogP contribution is -2.46. The van der Waals surface area contributed by atoms with Crippen LogP contribution < -0.4 is 15.8 Å². The Hall–Kier alpha value is -4.67. The van der Waals surface area contributed by atoms with E-state index in [0.29, 0.717) is 16.8 Å². The Morgan fingerprint density at radius 1 is 1.27 bits per heavy atom. The van der Waals surface area contributed by atoms with Crippen molar-refractivity contribution < 1.29 is 24.0 Å². The molecular weight excluding hydrogens is 430 g/mol. The molecule has 3 aromatic rings. The number of hydrogen-bond acceptors (Lipinski definition) is 8. The summed E-state index contributed by atoms with van der Waals surface area (Å²) in [5.41, 5.74) is 5.86. The van der Waals surface area contributed by atoms with Crippen molar-refractivity contribution in [3.63, 3.8) is 0 Å². The zero-order valence-electron chi connectivity index (χ0n) is 17.2. The van der Waals surface area contributed by atoms with Gasteiger partial charge in [-0.05, 0) is 13.0 Å². The number of carbonyl (C=O) groups excluding carboxylic acids is 2. The summed E-state index contributed by atoms with van der Waals surface area (Å²) in [7, 11) is 0. The number of nitrogens with one attached hydrogen (secondary N) is 2. The van der Waals surface area contributed by atoms with Crippen LogP contribution in [0.3, 0.4) is 0 Å². The van der Waals surface area contributed by atoms with Gasteiger partial charge in [0.2, 0.25) is 17.7 Å². The Kier molecular flexibility index (Phi) is 4.41. The molecule has 33 heavy (non-hydrogen) atoms. The third-order valence-electron chi connectivity index (χ3n) is 5.68. The Morgan fingerprint density at radius 3 is 2.82 bits per heavy atom. The predicted octanol–water partition coefficient (Wildman–Crippen LogP) is 2.35. The monoisotopic (exact) mass is 447 g/mol. The van der Waals surface area contributed by atoms with Crippen molar-refractivity contribution in [2.75, 3.05) is 11.9 Å². The number of nitro benzene ring substituents is 1. The minimum atomic E-state index is -1.74. The van der Waals surface area contributed by atoms with Gasteiger partial charge in [-0.3, -0.25) is 20.0 Å². The number of hydrogen-bond donors (Lipinski definition) is 3. The largest absolute Gasteiger partial charge is 0.462 e. The number of fused-ring (bicyclic) bond motifs is 4. The molecule has 5 rings (SSSR count). The first-order valence-electron chi connectivity index (χ1n) is 9.99. The number of non-ortho nitro benzene ring substituents is 1. The van der Waals surface area contributed by atoms with E-state index in [1.54, 1.807) is 37.3 Å². The minimum absolute atomic E-state index is 0.0195. The van der Waals surface area contributed by atoms with Crippen molar-refractivity contribution in [3.8, 4) is 17.1 Å². The maximum Gasteiger partial charge on any atom is 0.341 e. The van der Waals surface area contributed by atoms with Crippen molar-refractivity contribution in [2.45, 2.75) is 12.3 Å². The average Bonchev–Trinajstić information content (AvgIpc) is 3.34. The van der Waals surface area contributed by atoms with Gasteiger partial charge in [0.1, 0.15) is 11.0 Å². The van der Waals surface area contributed by atoms with Crippen LogP contribution in [0.2, 0.25) is 0 Å². The standard InChI is InChI=1S/C22H17N5O6/c1-2-32-20(28)16-18(23)33-19-15(22(16)13-8-3-4-9-14(13)24-21(22)29)17(25-26-19)11-6-5-7-12(10-11)27(30)31/h3-10H,2,23H2,1H3,(H,24,29)(H,25,26)/t22-/m1/s1. The highest BCUT2D eigenvalue weighted by Crippen LogP contribution is 2.55. The highest BCUT2D eigenvalue weighted by molar-refractivity contribution is 6.18. The SMILES string of the molecule is CCOC(=O)C1=C(N)Oc2n[nH]c(-c3cccc([N+](=O)[O-])c3)c2[C@@]12C(=O)Nc1ccccc12. The van der Waals surface area contributed by atoms with Crippen molar-refractivity contribution in [3.05, 3.63) is 81.2 Å². The molecule has 0 bridgehead atoms. The summed E-state index contributed by atoms with van der Waals surface area (Å²) in [6, 6.07) is 12.7. The van der Waals surface area contributed by atoms with E-state index in [1.165, 1.54) is 18.2 Å². The molecule has 1 spiro atoms. The molecule has 1 amide bonds. The van der Waals surface area contributed by atoms with Gasteiger partial charge in [-0.25, -0.2) is 4.79 Å². The molecule has 3 heterocycles. The maximum atomic E-state index is 13.7. The number of anilines is 1. The molecule has 1 atom stereocenters. The second-order valence-electron chi connectivity index (χ2n) is 7.40. The highest BCUT2D eigenvalue weighted by Gasteiger charge is 2.60. The van der Waals surface area contributed by atoms with Gasteiger partial charge in [0.05, 0.1) is 22.8 Å². The number of carbonyl (C=O) groups is 2. The first-order chi connectivity index (χ1) is 15.9. The van der Waals surface area contributed by atoms with Gasteiger partial charge >= 0.3 is 5.97 Å². The van der Waals surface area contributed by atoms with E-state index in [9.17, 15) is 19.7 Å². The van der Waals surface area contributed by atoms with E-state index in [0.717, 1.165) is 0 Å². The van der Waals surface area contributed by atoms with E-state index in [4.69, 9.17) is 15.2 Å². The molecule has 0 unspecified atom stereocenters. The van der Waals surface area contributed by atoms with Crippen LogP contribution in [0, 0.1) is 10.1 Å². The van der Waals surface area contributed by atoms with Crippen LogP contribution in [0.1, 0.15) is 18.1 Å². The normalized spacial score (nSPS) is 18.4. The summed E-state index contributed by atoms with van der Waals surface area (Å²) < 4.78 is 10.9. The fraction of sp³-hybridized carbons (Fsp3) is 0.136. The smallest absolute Gasteiger partial charge is 0.341 e. The van der Waals surface area contributed by atoms with Crippen LogP contribution in [0.15, 0.2) is 60.0 Å². The van der Waals surface area contributed by atoms with Crippen molar-refractivity contribution in [2.24, 2.45) is 5.73 Å². The van der Waals surface area contributed by atoms with Crippen LogP contribution in [0.25, 0.3) is 11.3 Å². The number of rotatable bonds is 4. The van der Waals surface area contributed by atoms with Crippen LogP contribution in [-0.4, -0.2) is 33.6 Å². The fourth-order valence-corrected chi connectivity index (χ4v) is 4.41. The number of aromatic amines is 1. The van der Waals surface area contributed by atoms with Gasteiger partial charge in [0, 0.05) is 28.9 Å². The second-order valence-corrected chi connectivity index (χ2v) is 7.40. The number of amides is 1. The number of esters is 1. The van der Waals surface area contributed by atoms with E-state index in [-0.39, 0.29) is 40.9 Å². The van der Waals surface area contributed by atoms with E-state index < -0.39 is 22.2 Å². The van der Waals surface area contributed by atoms with E-state index >= 15 is 0 Å². The summed E-state index contributed by atoms with van der Waals surface area (Å²) in [6.07, 6.45) is 0. The van der Waals surface area contributed by atoms with Crippen molar-refractivity contribution in [1.29, 1.82) is 0 Å². The number of nitrogens with zero attached hydrogens (tertiary/aromatic N) is 2. The Labute approximate surface area is 186 Å². The van der Waals surface area contributed by atoms with Crippen LogP contribution >= 0.6 is 0 Å². The van der Waals surface area contributed by atoms with Gasteiger partial charge in [-0.1, -0.05) is 30.3 Å². The molecule has 0 aliphatic carbocycles. The molecule has 0 fully saturated rings. The van der Waals surface area contributed by atoms with Gasteiger partial charge in [0.15, 0.2) is 0 Å². The maximum absolute atomic E-state index is 13.7. The Morgan fingerprint density at radius 2 is 2.06 bits per heavy atom. The third-order valence-corrected chi connectivity index (χ3v) is 5.68. The lowest BCUT2D eigenvalue weighted by Gasteiger charge is -2.33. The Bertz CT molecular complexity index is 1380. The van der Waals surface area contributed by atoms with Gasteiger partial charge in [0.25, 0.3) is 5.69 Å². The molecular formula is C22H17N5O6. The molecule has 11 nitrogen and oxygen atoms in total. The molecule has 0 saturated heterocycles. The molecule has 166 valence electrons. The van der Waals surface area contributed by atoms with Crippen LogP contribution in [0.5, 0.6) is 5.88 Å². The third kappa shape index (κ3) is 2.72. The second kappa shape index (κ2) is 7.19. The van der Waals surface area contributed by atoms with Crippen LogP contribution in [-0.2, 0) is 19.7 Å². The summed E-state index contributed by atoms with van der Waals surface area (Å²) >= 11 is 0. The summed E-state index contributed by atoms with van der Waals surface area (Å²) in [6.45, 7) is 1.68. The average molecular weight is 447 g/mol. The number of aromatic nitrogens is 2. The number of benzene rings is 2. The van der Waals surface area contributed by atoms with Gasteiger partial charge < -0.3 is 20.5 Å². The van der Waals surface area contributed by atoms with Crippen molar-refractivity contribution >= 4 is 23.3 Å². The Balaban J connectivity index is 1.85. The lowest BCUT2D eigenvalue weighted by molar-refractivity contribution is -0.384. The van der Waals surface area contributed by atoms with Crippen molar-refractivity contribution in [1.82, 2.24) is 10.2 Å². The lowest BCUT2D eigenvalue weighted by atomic mass is 9.68. The molecule has 2 aromatic carbocycles. The highest BCUT2D eigenvalue weighted by atomic mass is 16.6. The zero-order valence-corrected chi connectivity index (χ0v) is 17.2. The number of ether oxygens (including phenoxy) is 2. The quantitative estimate of drug-likeness (QED) is 0.312. The minimum Gasteiger partial charge on any atom is -0.462 e. The number of nitro groups is 1. The molecule has 11 heteroatoms. The number of nitrogens with two attached hydrogens (primary N) is 1. The van der Waals surface area contributed by atoms with E-state index in [1.807, 2.05) is 0 Å². The van der Waals surface area contributed by atoms with Gasteiger partial charge in [-0.2, -0.15) is 0 Å². The number of para-hydroxylation sites is 1.